The van der Waals surface area contributed by atoms with E-state index in [1.165, 1.54) is 11.3 Å². The monoisotopic (exact) mass is 311 g/mol. The summed E-state index contributed by atoms with van der Waals surface area (Å²) in [6.45, 7) is 0.344. The Labute approximate surface area is 125 Å². The van der Waals surface area contributed by atoms with Crippen LogP contribution in [-0.2, 0) is 0 Å². The number of hydrogen-bond donors (Lipinski definition) is 2. The Morgan fingerprint density at radius 1 is 1.43 bits per heavy atom. The number of nitrogens with two attached hydrogens (primary N) is 1. The van der Waals surface area contributed by atoms with E-state index in [0.717, 1.165) is 11.1 Å². The van der Waals surface area contributed by atoms with Gasteiger partial charge in [0, 0.05) is 10.9 Å². The molecular formula is C14H15F2N3OS. The molecule has 2 aromatic rings. The predicted molar refractivity (Wildman–Crippen MR) is 78.6 cm³/mol. The maximum absolute atomic E-state index is 13.0. The van der Waals surface area contributed by atoms with E-state index in [2.05, 4.69) is 10.3 Å². The zero-order valence-corrected chi connectivity index (χ0v) is 12.2. The lowest BCUT2D eigenvalue weighted by atomic mass is 10.1. The van der Waals surface area contributed by atoms with Crippen molar-refractivity contribution in [1.29, 1.82) is 0 Å². The quantitative estimate of drug-likeness (QED) is 0.891. The Bertz CT molecular complexity index is 643. The lowest BCUT2D eigenvalue weighted by molar-refractivity contribution is 0.0118. The van der Waals surface area contributed by atoms with Crippen molar-refractivity contribution in [3.63, 3.8) is 0 Å². The minimum atomic E-state index is -3.11. The molecule has 7 heteroatoms. The fourth-order valence-electron chi connectivity index (χ4n) is 1.69. The fourth-order valence-corrected chi connectivity index (χ4v) is 2.58. The van der Waals surface area contributed by atoms with Gasteiger partial charge in [-0.1, -0.05) is 24.3 Å². The van der Waals surface area contributed by atoms with Gasteiger partial charge in [0.1, 0.15) is 10.7 Å². The molecule has 0 saturated carbocycles. The van der Waals surface area contributed by atoms with Crippen LogP contribution in [-0.4, -0.2) is 29.9 Å². The largest absolute Gasteiger partial charge is 0.345 e. The number of benzene rings is 1. The summed E-state index contributed by atoms with van der Waals surface area (Å²) in [7, 11) is 0. The summed E-state index contributed by atoms with van der Waals surface area (Å²) in [4.78, 5) is 16.0. The maximum Gasteiger partial charge on any atom is 0.277 e. The second-order valence-corrected chi connectivity index (χ2v) is 5.45. The number of nitrogens with one attached hydrogen (secondary N) is 1. The molecule has 0 aliphatic heterocycles. The third-order valence-corrected chi connectivity index (χ3v) is 3.79. The van der Waals surface area contributed by atoms with Gasteiger partial charge >= 0.3 is 0 Å². The maximum atomic E-state index is 13.0. The van der Waals surface area contributed by atoms with Crippen molar-refractivity contribution in [2.45, 2.75) is 12.8 Å². The topological polar surface area (TPSA) is 68.0 Å². The van der Waals surface area contributed by atoms with Crippen LogP contribution in [0.15, 0.2) is 29.6 Å². The highest BCUT2D eigenvalue weighted by molar-refractivity contribution is 7.13. The summed E-state index contributed by atoms with van der Waals surface area (Å²) in [5.41, 5.74) is 7.00. The fraction of sp³-hybridized carbons (Fsp3) is 0.286. The number of alkyl halides is 2. The highest BCUT2D eigenvalue weighted by Gasteiger charge is 2.27. The second kappa shape index (κ2) is 6.28. The Hall–Kier alpha value is -1.86. The SMILES string of the molecule is Cc1ccccc1-c1nc(C(=O)NCC(F)(F)CN)cs1. The second-order valence-electron chi connectivity index (χ2n) is 4.60. The molecule has 0 unspecified atom stereocenters. The van der Waals surface area contributed by atoms with Gasteiger partial charge < -0.3 is 11.1 Å². The van der Waals surface area contributed by atoms with Crippen LogP contribution in [0.25, 0.3) is 10.6 Å². The minimum Gasteiger partial charge on any atom is -0.345 e. The summed E-state index contributed by atoms with van der Waals surface area (Å²) in [5.74, 6) is -3.73. The van der Waals surface area contributed by atoms with Gasteiger partial charge in [-0.2, -0.15) is 0 Å². The Balaban J connectivity index is 2.10. The molecule has 0 bridgehead atoms. The Kier molecular flexibility index (Phi) is 4.64. The van der Waals surface area contributed by atoms with E-state index < -0.39 is 24.9 Å². The molecule has 1 aromatic carbocycles. The van der Waals surface area contributed by atoms with E-state index in [-0.39, 0.29) is 5.69 Å². The molecule has 0 aliphatic rings. The van der Waals surface area contributed by atoms with Gasteiger partial charge in [-0.25, -0.2) is 13.8 Å². The van der Waals surface area contributed by atoms with Gasteiger partial charge in [-0.05, 0) is 12.5 Å². The van der Waals surface area contributed by atoms with E-state index in [0.29, 0.717) is 5.01 Å². The summed E-state index contributed by atoms with van der Waals surface area (Å²) >= 11 is 1.30. The Morgan fingerprint density at radius 2 is 2.14 bits per heavy atom. The average Bonchev–Trinajstić information content (AvgIpc) is 2.95. The zero-order chi connectivity index (χ0) is 15.5. The molecule has 1 heterocycles. The van der Waals surface area contributed by atoms with Crippen LogP contribution >= 0.6 is 11.3 Å². The number of hydrogen-bond acceptors (Lipinski definition) is 4. The minimum absolute atomic E-state index is 0.131. The molecule has 0 aliphatic carbocycles. The Morgan fingerprint density at radius 3 is 2.81 bits per heavy atom. The number of aromatic nitrogens is 1. The number of aryl methyl sites for hydroxylation is 1. The number of amides is 1. The van der Waals surface area contributed by atoms with Crippen LogP contribution in [0.2, 0.25) is 0 Å². The van der Waals surface area contributed by atoms with Gasteiger partial charge in [-0.3, -0.25) is 4.79 Å². The average molecular weight is 311 g/mol. The van der Waals surface area contributed by atoms with Crippen molar-refractivity contribution in [2.24, 2.45) is 5.73 Å². The molecule has 0 saturated heterocycles. The molecule has 0 spiro atoms. The first-order valence-electron chi connectivity index (χ1n) is 6.30. The molecule has 0 fully saturated rings. The molecular weight excluding hydrogens is 296 g/mol. The molecule has 4 nitrogen and oxygen atoms in total. The third kappa shape index (κ3) is 3.83. The first-order chi connectivity index (χ1) is 9.93. The van der Waals surface area contributed by atoms with E-state index >= 15 is 0 Å². The predicted octanol–water partition coefficient (Wildman–Crippen LogP) is 2.44. The number of halogens is 2. The van der Waals surface area contributed by atoms with Crippen LogP contribution in [0.5, 0.6) is 0 Å². The van der Waals surface area contributed by atoms with E-state index in [4.69, 9.17) is 5.73 Å². The van der Waals surface area contributed by atoms with E-state index in [1.807, 2.05) is 31.2 Å². The van der Waals surface area contributed by atoms with Gasteiger partial charge in [0.15, 0.2) is 0 Å². The van der Waals surface area contributed by atoms with Crippen molar-refractivity contribution in [2.75, 3.05) is 13.1 Å². The van der Waals surface area contributed by atoms with Crippen LogP contribution < -0.4 is 11.1 Å². The molecule has 3 N–H and O–H groups in total. The van der Waals surface area contributed by atoms with Crippen LogP contribution in [0.1, 0.15) is 16.1 Å². The van der Waals surface area contributed by atoms with E-state index in [9.17, 15) is 13.6 Å². The summed E-state index contributed by atoms with van der Waals surface area (Å²) < 4.78 is 26.0. The van der Waals surface area contributed by atoms with Crippen molar-refractivity contribution >= 4 is 17.2 Å². The number of carbonyl (C=O) groups excluding carboxylic acids is 1. The van der Waals surface area contributed by atoms with Crippen molar-refractivity contribution < 1.29 is 13.6 Å². The zero-order valence-electron chi connectivity index (χ0n) is 11.4. The first-order valence-corrected chi connectivity index (χ1v) is 7.18. The van der Waals surface area contributed by atoms with Crippen molar-refractivity contribution in [3.05, 3.63) is 40.9 Å². The summed E-state index contributed by atoms with van der Waals surface area (Å²) in [5, 5.41) is 4.38. The number of rotatable bonds is 5. The van der Waals surface area contributed by atoms with E-state index in [1.54, 1.807) is 5.38 Å². The molecule has 2 rings (SSSR count). The highest BCUT2D eigenvalue weighted by atomic mass is 32.1. The molecule has 1 amide bonds. The normalized spacial score (nSPS) is 11.4. The van der Waals surface area contributed by atoms with Gasteiger partial charge in [0.05, 0.1) is 13.1 Å². The molecule has 1 aromatic heterocycles. The number of thiazole rings is 1. The number of nitrogens with zero attached hydrogens (tertiary/aromatic N) is 1. The van der Waals surface area contributed by atoms with Crippen LogP contribution in [0.3, 0.4) is 0 Å². The smallest absolute Gasteiger partial charge is 0.277 e. The third-order valence-electron chi connectivity index (χ3n) is 2.92. The van der Waals surface area contributed by atoms with Crippen LogP contribution in [0.4, 0.5) is 8.78 Å². The van der Waals surface area contributed by atoms with Crippen molar-refractivity contribution in [3.8, 4) is 10.6 Å². The number of carbonyl (C=O) groups is 1. The highest BCUT2D eigenvalue weighted by Crippen LogP contribution is 2.26. The summed E-state index contributed by atoms with van der Waals surface area (Å²) in [6, 6.07) is 7.64. The lowest BCUT2D eigenvalue weighted by Gasteiger charge is -2.13. The molecule has 112 valence electrons. The first kappa shape index (κ1) is 15.5. The van der Waals surface area contributed by atoms with Crippen LogP contribution in [0, 0.1) is 6.92 Å². The molecule has 0 atom stereocenters. The van der Waals surface area contributed by atoms with Gasteiger partial charge in [0.2, 0.25) is 0 Å². The van der Waals surface area contributed by atoms with Crippen molar-refractivity contribution in [1.82, 2.24) is 10.3 Å². The summed E-state index contributed by atoms with van der Waals surface area (Å²) in [6.07, 6.45) is 0. The van der Waals surface area contributed by atoms with Gasteiger partial charge in [-0.15, -0.1) is 11.3 Å². The molecule has 0 radical (unpaired) electrons. The lowest BCUT2D eigenvalue weighted by Crippen LogP contribution is -2.41. The van der Waals surface area contributed by atoms with Gasteiger partial charge in [0.25, 0.3) is 11.8 Å². The standard InChI is InChI=1S/C14H15F2N3OS/c1-9-4-2-3-5-10(9)13-19-11(6-21-13)12(20)18-8-14(15,16)7-17/h2-6H,7-8,17H2,1H3,(H,18,20). The molecule has 21 heavy (non-hydrogen) atoms.